The summed E-state index contributed by atoms with van der Waals surface area (Å²) in [4.78, 5) is 11.4. The van der Waals surface area contributed by atoms with E-state index in [1.807, 2.05) is 31.2 Å². The molecule has 2 rings (SSSR count). The van der Waals surface area contributed by atoms with E-state index < -0.39 is 0 Å². The zero-order chi connectivity index (χ0) is 13.0. The normalized spacial score (nSPS) is 13.8. The Bertz CT molecular complexity index is 457. The number of anilines is 1. The van der Waals surface area contributed by atoms with E-state index in [9.17, 15) is 4.79 Å². The average Bonchev–Trinajstić information content (AvgIpc) is 3.10. The van der Waals surface area contributed by atoms with Crippen LogP contribution in [0.1, 0.15) is 18.4 Å². The van der Waals surface area contributed by atoms with Gasteiger partial charge in [-0.15, -0.1) is 0 Å². The second-order valence-electron chi connectivity index (χ2n) is 4.52. The van der Waals surface area contributed by atoms with Gasteiger partial charge < -0.3 is 16.0 Å². The zero-order valence-corrected chi connectivity index (χ0v) is 11.1. The highest BCUT2D eigenvalue weighted by molar-refractivity contribution is 7.80. The molecule has 18 heavy (non-hydrogen) atoms. The second kappa shape index (κ2) is 5.82. The van der Waals surface area contributed by atoms with Crippen LogP contribution in [0.5, 0.6) is 0 Å². The van der Waals surface area contributed by atoms with Gasteiger partial charge in [0.05, 0.1) is 6.54 Å². The molecule has 4 nitrogen and oxygen atoms in total. The number of carbonyl (C=O) groups is 1. The van der Waals surface area contributed by atoms with Crippen molar-refractivity contribution in [2.45, 2.75) is 25.8 Å². The van der Waals surface area contributed by atoms with Crippen molar-refractivity contribution in [1.82, 2.24) is 10.6 Å². The van der Waals surface area contributed by atoms with Gasteiger partial charge in [0.25, 0.3) is 0 Å². The largest absolute Gasteiger partial charge is 0.353 e. The zero-order valence-electron chi connectivity index (χ0n) is 10.3. The number of nitrogens with one attached hydrogen (secondary N) is 3. The second-order valence-corrected chi connectivity index (χ2v) is 4.93. The first kappa shape index (κ1) is 12.8. The molecule has 1 aliphatic rings. The molecule has 0 spiro atoms. The molecule has 1 amide bonds. The molecule has 0 heterocycles. The first-order chi connectivity index (χ1) is 8.63. The van der Waals surface area contributed by atoms with Gasteiger partial charge in [-0.25, -0.2) is 0 Å². The van der Waals surface area contributed by atoms with Crippen molar-refractivity contribution in [2.75, 3.05) is 11.9 Å². The molecule has 0 radical (unpaired) electrons. The van der Waals surface area contributed by atoms with E-state index in [1.165, 1.54) is 0 Å². The summed E-state index contributed by atoms with van der Waals surface area (Å²) in [6, 6.07) is 8.30. The molecule has 0 aliphatic heterocycles. The summed E-state index contributed by atoms with van der Waals surface area (Å²) in [7, 11) is 0. The van der Waals surface area contributed by atoms with E-state index in [1.54, 1.807) is 0 Å². The van der Waals surface area contributed by atoms with Crippen LogP contribution in [0.25, 0.3) is 0 Å². The molecule has 1 aliphatic carbocycles. The van der Waals surface area contributed by atoms with Gasteiger partial charge in [0.2, 0.25) is 5.91 Å². The summed E-state index contributed by atoms with van der Waals surface area (Å²) in [5.74, 6) is -0.00843. The van der Waals surface area contributed by atoms with Gasteiger partial charge in [-0.1, -0.05) is 12.1 Å². The van der Waals surface area contributed by atoms with Crippen LogP contribution in [0.15, 0.2) is 24.3 Å². The maximum Gasteiger partial charge on any atom is 0.239 e. The van der Waals surface area contributed by atoms with Crippen molar-refractivity contribution in [3.05, 3.63) is 29.8 Å². The van der Waals surface area contributed by atoms with Gasteiger partial charge in [0, 0.05) is 11.7 Å². The molecule has 1 aromatic rings. The quantitative estimate of drug-likeness (QED) is 0.722. The van der Waals surface area contributed by atoms with E-state index in [0.29, 0.717) is 11.2 Å². The number of benzene rings is 1. The van der Waals surface area contributed by atoms with Crippen LogP contribution in [0.2, 0.25) is 0 Å². The highest BCUT2D eigenvalue weighted by Gasteiger charge is 2.22. The van der Waals surface area contributed by atoms with Crippen molar-refractivity contribution in [1.29, 1.82) is 0 Å². The Morgan fingerprint density at radius 3 is 2.89 bits per heavy atom. The SMILES string of the molecule is Cc1cccc(NC(=S)NCC(=O)NC2CC2)c1. The molecule has 0 bridgehead atoms. The number of carbonyl (C=O) groups excluding carboxylic acids is 1. The van der Waals surface area contributed by atoms with E-state index in [4.69, 9.17) is 12.2 Å². The van der Waals surface area contributed by atoms with Crippen LogP contribution in [0.4, 0.5) is 5.69 Å². The number of hydrogen-bond donors (Lipinski definition) is 3. The van der Waals surface area contributed by atoms with Crippen molar-refractivity contribution >= 4 is 28.9 Å². The first-order valence-corrected chi connectivity index (χ1v) is 6.45. The van der Waals surface area contributed by atoms with Gasteiger partial charge >= 0.3 is 0 Å². The predicted octanol–water partition coefficient (Wildman–Crippen LogP) is 1.56. The lowest BCUT2D eigenvalue weighted by Crippen LogP contribution is -2.39. The van der Waals surface area contributed by atoms with Crippen LogP contribution in [-0.2, 0) is 4.79 Å². The molecule has 0 aromatic heterocycles. The standard InChI is InChI=1S/C13H17N3OS/c1-9-3-2-4-11(7-9)16-13(18)14-8-12(17)15-10-5-6-10/h2-4,7,10H,5-6,8H2,1H3,(H,15,17)(H2,14,16,18). The topological polar surface area (TPSA) is 53.2 Å². The minimum absolute atomic E-state index is 0.00843. The fourth-order valence-electron chi connectivity index (χ4n) is 1.57. The average molecular weight is 263 g/mol. The Labute approximate surface area is 112 Å². The fourth-order valence-corrected chi connectivity index (χ4v) is 1.76. The summed E-state index contributed by atoms with van der Waals surface area (Å²) in [6.45, 7) is 2.24. The monoisotopic (exact) mass is 263 g/mol. The lowest BCUT2D eigenvalue weighted by atomic mass is 10.2. The summed E-state index contributed by atoms with van der Waals surface area (Å²) < 4.78 is 0. The minimum atomic E-state index is -0.00843. The van der Waals surface area contributed by atoms with Gasteiger partial charge in [0.15, 0.2) is 5.11 Å². The Morgan fingerprint density at radius 1 is 1.44 bits per heavy atom. The van der Waals surface area contributed by atoms with E-state index in [2.05, 4.69) is 16.0 Å². The molecule has 0 atom stereocenters. The molecular weight excluding hydrogens is 246 g/mol. The molecule has 5 heteroatoms. The highest BCUT2D eigenvalue weighted by Crippen LogP contribution is 2.18. The summed E-state index contributed by atoms with van der Waals surface area (Å²) in [5.41, 5.74) is 2.09. The van der Waals surface area contributed by atoms with Crippen LogP contribution >= 0.6 is 12.2 Å². The van der Waals surface area contributed by atoms with Gasteiger partial charge in [-0.3, -0.25) is 4.79 Å². The number of aryl methyl sites for hydroxylation is 1. The molecular formula is C13H17N3OS. The van der Waals surface area contributed by atoms with Gasteiger partial charge in [-0.05, 0) is 49.7 Å². The Morgan fingerprint density at radius 2 is 2.22 bits per heavy atom. The molecule has 3 N–H and O–H groups in total. The number of thiocarbonyl (C=S) groups is 1. The van der Waals surface area contributed by atoms with Crippen LogP contribution < -0.4 is 16.0 Å². The molecule has 96 valence electrons. The maximum atomic E-state index is 11.4. The molecule has 0 unspecified atom stereocenters. The van der Waals surface area contributed by atoms with Crippen molar-refractivity contribution in [2.24, 2.45) is 0 Å². The van der Waals surface area contributed by atoms with Crippen LogP contribution in [0, 0.1) is 6.92 Å². The molecule has 1 fully saturated rings. The van der Waals surface area contributed by atoms with Crippen molar-refractivity contribution in [3.8, 4) is 0 Å². The minimum Gasteiger partial charge on any atom is -0.353 e. The number of rotatable bonds is 4. The number of amides is 1. The first-order valence-electron chi connectivity index (χ1n) is 6.04. The fraction of sp³-hybridized carbons (Fsp3) is 0.385. The highest BCUT2D eigenvalue weighted by atomic mass is 32.1. The third-order valence-electron chi connectivity index (χ3n) is 2.63. The van der Waals surface area contributed by atoms with E-state index >= 15 is 0 Å². The van der Waals surface area contributed by atoms with Crippen molar-refractivity contribution in [3.63, 3.8) is 0 Å². The Hall–Kier alpha value is -1.62. The third-order valence-corrected chi connectivity index (χ3v) is 2.87. The van der Waals surface area contributed by atoms with Crippen molar-refractivity contribution < 1.29 is 4.79 Å². The number of hydrogen-bond acceptors (Lipinski definition) is 2. The summed E-state index contributed by atoms with van der Waals surface area (Å²) >= 11 is 5.12. The maximum absolute atomic E-state index is 11.4. The van der Waals surface area contributed by atoms with Gasteiger partial charge in [-0.2, -0.15) is 0 Å². The summed E-state index contributed by atoms with van der Waals surface area (Å²) in [6.07, 6.45) is 2.19. The third kappa shape index (κ3) is 4.33. The van der Waals surface area contributed by atoms with Crippen LogP contribution in [-0.4, -0.2) is 23.6 Å². The molecule has 1 aromatic carbocycles. The molecule has 0 saturated heterocycles. The van der Waals surface area contributed by atoms with E-state index in [-0.39, 0.29) is 12.5 Å². The summed E-state index contributed by atoms with van der Waals surface area (Å²) in [5, 5.41) is 9.30. The van der Waals surface area contributed by atoms with Gasteiger partial charge in [0.1, 0.15) is 0 Å². The molecule has 1 saturated carbocycles. The lowest BCUT2D eigenvalue weighted by molar-refractivity contribution is -0.120. The predicted molar refractivity (Wildman–Crippen MR) is 76.6 cm³/mol. The van der Waals surface area contributed by atoms with E-state index in [0.717, 1.165) is 24.1 Å². The Balaban J connectivity index is 1.72. The Kier molecular flexibility index (Phi) is 4.15. The van der Waals surface area contributed by atoms with Crippen LogP contribution in [0.3, 0.4) is 0 Å². The smallest absolute Gasteiger partial charge is 0.239 e. The lowest BCUT2D eigenvalue weighted by Gasteiger charge is -2.10.